The van der Waals surface area contributed by atoms with Crippen LogP contribution in [0.5, 0.6) is 0 Å². The average Bonchev–Trinajstić information content (AvgIpc) is 3.07. The maximum Gasteiger partial charge on any atom is 0.320 e. The van der Waals surface area contributed by atoms with Crippen molar-refractivity contribution < 1.29 is 9.53 Å². The van der Waals surface area contributed by atoms with Crippen LogP contribution in [0.4, 0.5) is 10.6 Å². The van der Waals surface area contributed by atoms with E-state index in [0.29, 0.717) is 25.0 Å². The minimum atomic E-state index is -1.09. The van der Waals surface area contributed by atoms with E-state index >= 15 is 0 Å². The third-order valence-corrected chi connectivity index (χ3v) is 6.87. The summed E-state index contributed by atoms with van der Waals surface area (Å²) in [6.45, 7) is 11.1. The summed E-state index contributed by atoms with van der Waals surface area (Å²) in [6, 6.07) is 2.79. The fourth-order valence-corrected chi connectivity index (χ4v) is 4.14. The van der Waals surface area contributed by atoms with Crippen LogP contribution >= 0.6 is 0 Å². The molecule has 3 N–H and O–H groups in total. The predicted octanol–water partition coefficient (Wildman–Crippen LogP) is 3.25. The van der Waals surface area contributed by atoms with Crippen LogP contribution in [0.15, 0.2) is 18.5 Å². The summed E-state index contributed by atoms with van der Waals surface area (Å²) >= 11 is 0. The van der Waals surface area contributed by atoms with Crippen LogP contribution in [0, 0.1) is 5.92 Å². The molecule has 160 valence electrons. The summed E-state index contributed by atoms with van der Waals surface area (Å²) in [7, 11) is -1.09. The fourth-order valence-electron chi connectivity index (χ4n) is 3.39. The Labute approximate surface area is 173 Å². The summed E-state index contributed by atoms with van der Waals surface area (Å²) in [5.74, 6) is 1.10. The molecule has 1 aliphatic heterocycles. The van der Waals surface area contributed by atoms with Crippen molar-refractivity contribution in [1.82, 2.24) is 25.2 Å². The number of nitrogens with one attached hydrogen (secondary N) is 3. The molecule has 1 aliphatic rings. The molecule has 2 amide bonds. The molecule has 1 unspecified atom stereocenters. The molecule has 0 aromatic carbocycles. The van der Waals surface area contributed by atoms with Gasteiger partial charge >= 0.3 is 6.03 Å². The van der Waals surface area contributed by atoms with Gasteiger partial charge in [0.25, 0.3) is 0 Å². The van der Waals surface area contributed by atoms with Gasteiger partial charge in [0.2, 0.25) is 0 Å². The van der Waals surface area contributed by atoms with Crippen LogP contribution in [0.25, 0.3) is 11.2 Å². The van der Waals surface area contributed by atoms with Gasteiger partial charge in [0.15, 0.2) is 11.5 Å². The van der Waals surface area contributed by atoms with E-state index < -0.39 is 8.07 Å². The molecule has 0 radical (unpaired) electrons. The number of hydrogen-bond donors (Lipinski definition) is 3. The number of rotatable bonds is 9. The number of carbonyl (C=O) groups excluding carboxylic acids is 1. The maximum absolute atomic E-state index is 12.1. The van der Waals surface area contributed by atoms with Crippen molar-refractivity contribution >= 4 is 31.1 Å². The van der Waals surface area contributed by atoms with Crippen molar-refractivity contribution in [3.63, 3.8) is 0 Å². The second kappa shape index (κ2) is 10.2. The highest BCUT2D eigenvalue weighted by Gasteiger charge is 2.14. The molecule has 1 atom stereocenters. The smallest absolute Gasteiger partial charge is 0.320 e. The lowest BCUT2D eigenvalue weighted by Crippen LogP contribution is -2.34. The van der Waals surface area contributed by atoms with Gasteiger partial charge in [-0.3, -0.25) is 5.32 Å². The zero-order valence-corrected chi connectivity index (χ0v) is 18.8. The molecule has 1 saturated heterocycles. The molecule has 9 heteroatoms. The molecule has 0 spiro atoms. The third-order valence-electron chi connectivity index (χ3n) is 5.17. The van der Waals surface area contributed by atoms with Gasteiger partial charge in [-0.2, -0.15) is 0 Å². The molecule has 2 aromatic rings. The molecule has 0 bridgehead atoms. The predicted molar refractivity (Wildman–Crippen MR) is 119 cm³/mol. The van der Waals surface area contributed by atoms with Crippen molar-refractivity contribution in [2.24, 2.45) is 5.92 Å². The van der Waals surface area contributed by atoms with Crippen molar-refractivity contribution in [1.29, 1.82) is 0 Å². The van der Waals surface area contributed by atoms with Crippen molar-refractivity contribution in [2.45, 2.75) is 51.7 Å². The van der Waals surface area contributed by atoms with E-state index in [-0.39, 0.29) is 6.03 Å². The van der Waals surface area contributed by atoms with Gasteiger partial charge in [0.1, 0.15) is 12.2 Å². The summed E-state index contributed by atoms with van der Waals surface area (Å²) in [6.07, 6.45) is 6.95. The number of ether oxygens (including phenoxy) is 1. The molecule has 2 aromatic heterocycles. The highest BCUT2D eigenvalue weighted by atomic mass is 28.3. The Morgan fingerprint density at radius 1 is 1.41 bits per heavy atom. The van der Waals surface area contributed by atoms with E-state index in [1.165, 1.54) is 12.8 Å². The van der Waals surface area contributed by atoms with Crippen LogP contribution in [-0.2, 0) is 11.5 Å². The lowest BCUT2D eigenvalue weighted by molar-refractivity contribution is 0.0899. The second-order valence-electron chi connectivity index (χ2n) is 8.98. The first-order chi connectivity index (χ1) is 13.9. The Morgan fingerprint density at radius 3 is 3.03 bits per heavy atom. The van der Waals surface area contributed by atoms with E-state index in [9.17, 15) is 4.79 Å². The average molecular weight is 419 g/mol. The number of anilines is 1. The van der Waals surface area contributed by atoms with E-state index in [2.05, 4.69) is 45.6 Å². The minimum absolute atomic E-state index is 0.239. The minimum Gasteiger partial charge on any atom is -0.361 e. The Balaban J connectivity index is 1.45. The number of urea groups is 1. The number of carbonyl (C=O) groups is 1. The zero-order chi connectivity index (χ0) is 20.7. The molecular weight excluding hydrogens is 384 g/mol. The molecule has 8 nitrogen and oxygen atoms in total. The van der Waals surface area contributed by atoms with Gasteiger partial charge in [-0.05, 0) is 50.4 Å². The van der Waals surface area contributed by atoms with Crippen molar-refractivity contribution in [2.75, 3.05) is 31.6 Å². The number of amides is 2. The first-order valence-corrected chi connectivity index (χ1v) is 14.3. The highest BCUT2D eigenvalue weighted by Crippen LogP contribution is 2.15. The topological polar surface area (TPSA) is 93.1 Å². The molecular formula is C20H34N6O2Si. The summed E-state index contributed by atoms with van der Waals surface area (Å²) in [4.78, 5) is 21.1. The number of fused-ring (bicyclic) bond motifs is 1. The van der Waals surface area contributed by atoms with Crippen LogP contribution < -0.4 is 16.0 Å². The molecule has 1 fully saturated rings. The van der Waals surface area contributed by atoms with Gasteiger partial charge in [0.05, 0.1) is 6.20 Å². The van der Waals surface area contributed by atoms with E-state index in [0.717, 1.165) is 43.3 Å². The van der Waals surface area contributed by atoms with Crippen molar-refractivity contribution in [3.05, 3.63) is 18.5 Å². The number of aromatic nitrogens is 3. The van der Waals surface area contributed by atoms with E-state index in [1.807, 2.05) is 16.8 Å². The van der Waals surface area contributed by atoms with Crippen LogP contribution in [0.1, 0.15) is 19.3 Å². The first kappa shape index (κ1) is 21.7. The molecule has 3 rings (SSSR count). The van der Waals surface area contributed by atoms with Gasteiger partial charge in [-0.25, -0.2) is 14.8 Å². The summed E-state index contributed by atoms with van der Waals surface area (Å²) in [5.41, 5.74) is 1.50. The second-order valence-corrected chi connectivity index (χ2v) is 14.6. The molecule has 0 aliphatic carbocycles. The monoisotopic (exact) mass is 418 g/mol. The fraction of sp³-hybridized carbons (Fsp3) is 0.650. The van der Waals surface area contributed by atoms with Gasteiger partial charge in [-0.1, -0.05) is 19.6 Å². The Morgan fingerprint density at radius 2 is 2.28 bits per heavy atom. The normalized spacial score (nSPS) is 17.4. The summed E-state index contributed by atoms with van der Waals surface area (Å²) in [5, 5.41) is 9.08. The molecule has 3 heterocycles. The number of nitrogens with zero attached hydrogens (tertiary/aromatic N) is 3. The Hall–Kier alpha value is -1.97. The maximum atomic E-state index is 12.1. The van der Waals surface area contributed by atoms with Crippen LogP contribution in [0.3, 0.4) is 0 Å². The van der Waals surface area contributed by atoms with E-state index in [4.69, 9.17) is 4.74 Å². The van der Waals surface area contributed by atoms with Crippen LogP contribution in [-0.4, -0.2) is 54.9 Å². The number of hydrogen-bond acceptors (Lipinski definition) is 5. The highest BCUT2D eigenvalue weighted by molar-refractivity contribution is 6.76. The van der Waals surface area contributed by atoms with Crippen LogP contribution in [0.2, 0.25) is 25.7 Å². The third kappa shape index (κ3) is 7.09. The van der Waals surface area contributed by atoms with Gasteiger partial charge in [-0.15, -0.1) is 0 Å². The molecule has 29 heavy (non-hydrogen) atoms. The SMILES string of the molecule is C[Si](C)(C)CCOCn1ccc2nc(NC(=O)NCCC3CCCNC3)cnc21. The van der Waals surface area contributed by atoms with Gasteiger partial charge in [0, 0.05) is 27.4 Å². The Bertz CT molecular complexity index is 798. The number of piperidine rings is 1. The standard InChI is InChI=1S/C20H34N6O2Si/c1-29(2,3)12-11-28-15-26-10-7-17-19(26)23-14-18(24-17)25-20(27)22-9-6-16-5-4-8-21-13-16/h7,10,14,16,21H,4-6,8-9,11-13,15H2,1-3H3,(H2,22,24,25,27). The lowest BCUT2D eigenvalue weighted by atomic mass is 9.96. The largest absolute Gasteiger partial charge is 0.361 e. The van der Waals surface area contributed by atoms with Crippen molar-refractivity contribution in [3.8, 4) is 0 Å². The quantitative estimate of drug-likeness (QED) is 0.429. The Kier molecular flexibility index (Phi) is 7.62. The summed E-state index contributed by atoms with van der Waals surface area (Å²) < 4.78 is 7.74. The van der Waals surface area contributed by atoms with Gasteiger partial charge < -0.3 is 19.9 Å². The first-order valence-electron chi connectivity index (χ1n) is 10.6. The zero-order valence-electron chi connectivity index (χ0n) is 17.8. The lowest BCUT2D eigenvalue weighted by Gasteiger charge is -2.22. The van der Waals surface area contributed by atoms with E-state index in [1.54, 1.807) is 6.20 Å². The molecule has 0 saturated carbocycles.